The van der Waals surface area contributed by atoms with Gasteiger partial charge in [-0.1, -0.05) is 32.4 Å². The van der Waals surface area contributed by atoms with Gasteiger partial charge >= 0.3 is 5.97 Å². The summed E-state index contributed by atoms with van der Waals surface area (Å²) < 4.78 is 16.7. The van der Waals surface area contributed by atoms with Crippen molar-refractivity contribution in [3.05, 3.63) is 35.6 Å². The molecular formula is C38H54O13. The number of carbonyl (C=O) groups excluding carboxylic acids is 4. The lowest BCUT2D eigenvalue weighted by Gasteiger charge is -2.63. The molecule has 0 bridgehead atoms. The minimum Gasteiger partial charge on any atom is -0.459 e. The van der Waals surface area contributed by atoms with Gasteiger partial charge in [0, 0.05) is 30.6 Å². The van der Waals surface area contributed by atoms with E-state index in [9.17, 15) is 49.8 Å². The van der Waals surface area contributed by atoms with Gasteiger partial charge in [-0.2, -0.15) is 0 Å². The van der Waals surface area contributed by atoms with E-state index in [-0.39, 0.29) is 24.4 Å². The second kappa shape index (κ2) is 12.7. The minimum absolute atomic E-state index is 0.0841. The lowest BCUT2D eigenvalue weighted by Crippen LogP contribution is -2.64. The molecule has 0 spiro atoms. The first-order valence-corrected chi connectivity index (χ1v) is 17.6. The highest BCUT2D eigenvalue weighted by Gasteiger charge is 2.74. The van der Waals surface area contributed by atoms with E-state index in [4.69, 9.17) is 14.2 Å². The lowest BCUT2D eigenvalue weighted by atomic mass is 9.39. The Labute approximate surface area is 298 Å². The molecular weight excluding hydrogens is 664 g/mol. The van der Waals surface area contributed by atoms with Gasteiger partial charge in [0.05, 0.1) is 18.1 Å². The number of rotatable bonds is 8. The van der Waals surface area contributed by atoms with Crippen LogP contribution >= 0.6 is 0 Å². The maximum atomic E-state index is 14.8. The van der Waals surface area contributed by atoms with Gasteiger partial charge in [0.15, 0.2) is 11.5 Å². The van der Waals surface area contributed by atoms with Crippen LogP contribution in [-0.2, 0) is 33.4 Å². The minimum atomic E-state index is -2.09. The molecule has 6 N–H and O–H groups in total. The van der Waals surface area contributed by atoms with Crippen molar-refractivity contribution in [3.8, 4) is 0 Å². The summed E-state index contributed by atoms with van der Waals surface area (Å²) in [5, 5.41) is 64.6. The summed E-state index contributed by atoms with van der Waals surface area (Å²) >= 11 is 0. The van der Waals surface area contributed by atoms with Gasteiger partial charge in [0.1, 0.15) is 41.4 Å². The van der Waals surface area contributed by atoms with E-state index in [0.29, 0.717) is 12.0 Å². The van der Waals surface area contributed by atoms with Crippen LogP contribution in [-0.4, -0.2) is 109 Å². The highest BCUT2D eigenvalue weighted by Crippen LogP contribution is 2.73. The van der Waals surface area contributed by atoms with Crippen molar-refractivity contribution in [1.29, 1.82) is 0 Å². The van der Waals surface area contributed by atoms with Gasteiger partial charge in [-0.15, -0.1) is 0 Å². The molecule has 284 valence electrons. The summed E-state index contributed by atoms with van der Waals surface area (Å²) in [7, 11) is 0. The average Bonchev–Trinajstić information content (AvgIpc) is 3.22. The molecule has 0 aromatic carbocycles. The molecule has 1 heterocycles. The summed E-state index contributed by atoms with van der Waals surface area (Å²) in [6.45, 7) is 14.2. The lowest BCUT2D eigenvalue weighted by molar-refractivity contribution is -0.291. The third kappa shape index (κ3) is 5.87. The number of hydrogen-bond donors (Lipinski definition) is 6. The highest BCUT2D eigenvalue weighted by atomic mass is 16.7. The summed E-state index contributed by atoms with van der Waals surface area (Å²) in [4.78, 5) is 53.9. The number of ketones is 3. The van der Waals surface area contributed by atoms with Crippen molar-refractivity contribution < 1.29 is 64.0 Å². The quantitative estimate of drug-likeness (QED) is 0.119. The maximum absolute atomic E-state index is 14.8. The zero-order valence-corrected chi connectivity index (χ0v) is 30.9. The van der Waals surface area contributed by atoms with Crippen LogP contribution in [0.2, 0.25) is 0 Å². The van der Waals surface area contributed by atoms with Crippen molar-refractivity contribution in [3.63, 3.8) is 0 Å². The summed E-state index contributed by atoms with van der Waals surface area (Å²) in [6.07, 6.45) is -2.57. The van der Waals surface area contributed by atoms with Crippen LogP contribution in [0.25, 0.3) is 0 Å². The number of aliphatic hydroxyl groups is 6. The number of esters is 1. The van der Waals surface area contributed by atoms with Crippen molar-refractivity contribution >= 4 is 23.3 Å². The van der Waals surface area contributed by atoms with Gasteiger partial charge < -0.3 is 44.8 Å². The van der Waals surface area contributed by atoms with Crippen molar-refractivity contribution in [2.75, 3.05) is 6.61 Å². The van der Waals surface area contributed by atoms with Gasteiger partial charge in [-0.3, -0.25) is 19.2 Å². The molecule has 4 aliphatic carbocycles. The average molecular weight is 719 g/mol. The zero-order chi connectivity index (χ0) is 38.4. The molecule has 13 nitrogen and oxygen atoms in total. The number of aliphatic hydroxyl groups excluding tert-OH is 5. The topological polar surface area (TPSA) is 217 Å². The van der Waals surface area contributed by atoms with E-state index in [1.165, 1.54) is 19.9 Å². The Morgan fingerprint density at radius 2 is 1.63 bits per heavy atom. The zero-order valence-electron chi connectivity index (χ0n) is 30.9. The number of hydrogen-bond acceptors (Lipinski definition) is 13. The Morgan fingerprint density at radius 1 is 1.00 bits per heavy atom. The molecule has 5 aliphatic rings. The van der Waals surface area contributed by atoms with Crippen LogP contribution < -0.4 is 0 Å². The van der Waals surface area contributed by atoms with Gasteiger partial charge in [-0.05, 0) is 82.4 Å². The molecule has 2 saturated carbocycles. The molecule has 51 heavy (non-hydrogen) atoms. The first kappa shape index (κ1) is 39.4. The maximum Gasteiger partial charge on any atom is 0.303 e. The standard InChI is InChI=1S/C38H54O13/c1-18(40)51-33(2,3)13-12-25(42)38(9,48)30-21(41)15-35(6)24-11-10-19-20(37(24,8)26(43)16-36(30,35)7)14-22(31(47)34(19,4)5)49-32-29(46)28(45)27(44)23(17-39)50-32/h10,12-14,20-21,23-24,27-30,32,39,41,44-46,48H,11,15-17H2,1-9H3/b13-12+/t20-,21-,23?,24+,27-,28?,29?,30?,32-,35+,36-,37+,38+/m1/s1. The Balaban J connectivity index is 1.52. The van der Waals surface area contributed by atoms with Crippen LogP contribution in [0, 0.1) is 39.4 Å². The monoisotopic (exact) mass is 718 g/mol. The molecule has 1 saturated heterocycles. The van der Waals surface area contributed by atoms with Crippen LogP contribution in [0.15, 0.2) is 35.6 Å². The van der Waals surface area contributed by atoms with E-state index < -0.39 is 112 Å². The number of fused-ring (bicyclic) bond motifs is 5. The van der Waals surface area contributed by atoms with Crippen molar-refractivity contribution in [2.24, 2.45) is 39.4 Å². The smallest absolute Gasteiger partial charge is 0.303 e. The molecule has 1 aliphatic heterocycles. The van der Waals surface area contributed by atoms with E-state index in [0.717, 1.165) is 6.08 Å². The van der Waals surface area contributed by atoms with Crippen LogP contribution in [0.4, 0.5) is 0 Å². The number of Topliss-reactive ketones (excluding diaryl/α,β-unsaturated/α-hetero) is 2. The molecule has 0 radical (unpaired) electrons. The second-order valence-electron chi connectivity index (χ2n) is 17.2. The molecule has 13 atom stereocenters. The number of ether oxygens (including phenoxy) is 3. The summed E-state index contributed by atoms with van der Waals surface area (Å²) in [5.41, 5.74) is -6.62. The molecule has 3 fully saturated rings. The molecule has 0 aromatic rings. The largest absolute Gasteiger partial charge is 0.459 e. The number of carbonyl (C=O) groups is 4. The fourth-order valence-corrected chi connectivity index (χ4v) is 10.3. The van der Waals surface area contributed by atoms with Crippen molar-refractivity contribution in [2.45, 2.75) is 130 Å². The van der Waals surface area contributed by atoms with E-state index >= 15 is 0 Å². The predicted octanol–water partition coefficient (Wildman–Crippen LogP) is 1.45. The second-order valence-corrected chi connectivity index (χ2v) is 17.2. The van der Waals surface area contributed by atoms with Gasteiger partial charge in [0.2, 0.25) is 12.1 Å². The molecule has 4 unspecified atom stereocenters. The number of allylic oxidation sites excluding steroid dienone is 4. The molecule has 13 heteroatoms. The first-order valence-electron chi connectivity index (χ1n) is 17.6. The molecule has 0 aromatic heterocycles. The summed E-state index contributed by atoms with van der Waals surface area (Å²) in [5.74, 6) is -4.17. The predicted molar refractivity (Wildman–Crippen MR) is 180 cm³/mol. The van der Waals surface area contributed by atoms with Crippen molar-refractivity contribution in [1.82, 2.24) is 0 Å². The van der Waals surface area contributed by atoms with E-state index in [1.807, 2.05) is 26.8 Å². The SMILES string of the molecule is CC(=O)OC(C)(C)/C=C/C(=O)[C@](C)(O)C1[C@H](O)C[C@@]2(C)[C@@H]3CC=C4[C@@H](C=C(O[C@@H]5OC(CO)[C@@H](O)C(O)C5O)C(=O)C4(C)C)[C@]3(C)C(=O)C[C@]12C. The third-order valence-corrected chi connectivity index (χ3v) is 13.3. The van der Waals surface area contributed by atoms with Gasteiger partial charge in [0.25, 0.3) is 0 Å². The highest BCUT2D eigenvalue weighted by molar-refractivity contribution is 6.02. The van der Waals surface area contributed by atoms with Crippen LogP contribution in [0.3, 0.4) is 0 Å². The van der Waals surface area contributed by atoms with Gasteiger partial charge in [-0.25, -0.2) is 0 Å². The van der Waals surface area contributed by atoms with Crippen LogP contribution in [0.5, 0.6) is 0 Å². The molecule has 0 amide bonds. The third-order valence-electron chi connectivity index (χ3n) is 13.3. The Morgan fingerprint density at radius 3 is 2.22 bits per heavy atom. The first-order chi connectivity index (χ1) is 23.3. The Hall–Kier alpha value is -2.78. The molecule has 5 rings (SSSR count). The van der Waals surface area contributed by atoms with E-state index in [1.54, 1.807) is 33.8 Å². The Kier molecular flexibility index (Phi) is 9.80. The summed E-state index contributed by atoms with van der Waals surface area (Å²) in [6, 6.07) is 0. The van der Waals surface area contributed by atoms with Crippen LogP contribution in [0.1, 0.15) is 81.6 Å². The van der Waals surface area contributed by atoms with E-state index in [2.05, 4.69) is 0 Å². The fraction of sp³-hybridized carbons (Fsp3) is 0.737. The Bertz CT molecular complexity index is 1570. The fourth-order valence-electron chi connectivity index (χ4n) is 10.3. The normalized spacial score (nSPS) is 43.3.